The van der Waals surface area contributed by atoms with E-state index in [9.17, 15) is 18.0 Å². The number of benzene rings is 1. The van der Waals surface area contributed by atoms with E-state index in [1.165, 1.54) is 6.08 Å². The first-order chi connectivity index (χ1) is 14.4. The lowest BCUT2D eigenvalue weighted by Gasteiger charge is -2.16. The molecular formula is C23H25NO6S. The van der Waals surface area contributed by atoms with Crippen molar-refractivity contribution in [1.29, 1.82) is 0 Å². The van der Waals surface area contributed by atoms with E-state index in [1.807, 2.05) is 13.0 Å². The first-order valence-electron chi connectivity index (χ1n) is 10.1. The topological polar surface area (TPSA) is 107 Å². The summed E-state index contributed by atoms with van der Waals surface area (Å²) in [5, 5.41) is 5.56. The molecule has 164 valence electrons. The van der Waals surface area contributed by atoms with Crippen molar-refractivity contribution in [3.05, 3.63) is 57.0 Å². The van der Waals surface area contributed by atoms with Gasteiger partial charge in [-0.1, -0.05) is 20.8 Å². The molecule has 1 N–H and O–H groups in total. The van der Waals surface area contributed by atoms with Crippen LogP contribution >= 0.6 is 0 Å². The summed E-state index contributed by atoms with van der Waals surface area (Å²) in [4.78, 5) is 24.9. The van der Waals surface area contributed by atoms with Crippen molar-refractivity contribution in [2.24, 2.45) is 0 Å². The number of hydrogen-bond donors (Lipinski definition) is 1. The van der Waals surface area contributed by atoms with Crippen molar-refractivity contribution < 1.29 is 22.0 Å². The van der Waals surface area contributed by atoms with Crippen LogP contribution in [0.25, 0.3) is 21.9 Å². The molecule has 1 aliphatic heterocycles. The molecule has 1 aliphatic rings. The minimum Gasteiger partial charge on any atom is -0.464 e. The third-order valence-corrected chi connectivity index (χ3v) is 7.06. The number of carbonyl (C=O) groups is 1. The summed E-state index contributed by atoms with van der Waals surface area (Å²) in [5.41, 5.74) is 2.79. The molecule has 0 saturated heterocycles. The number of fused-ring (bicyclic) bond motifs is 2. The molecular weight excluding hydrogens is 418 g/mol. The van der Waals surface area contributed by atoms with Crippen molar-refractivity contribution in [3.8, 4) is 0 Å². The summed E-state index contributed by atoms with van der Waals surface area (Å²) < 4.78 is 34.2. The molecule has 0 saturated carbocycles. The van der Waals surface area contributed by atoms with E-state index in [-0.39, 0.29) is 29.9 Å². The predicted molar refractivity (Wildman–Crippen MR) is 119 cm³/mol. The molecule has 7 nitrogen and oxygen atoms in total. The van der Waals surface area contributed by atoms with Crippen LogP contribution in [0.5, 0.6) is 0 Å². The van der Waals surface area contributed by atoms with Crippen LogP contribution in [0.3, 0.4) is 0 Å². The Morgan fingerprint density at radius 2 is 1.94 bits per heavy atom. The van der Waals surface area contributed by atoms with E-state index in [4.69, 9.17) is 8.83 Å². The molecule has 0 radical (unpaired) electrons. The van der Waals surface area contributed by atoms with Crippen LogP contribution < -0.4 is 10.9 Å². The summed E-state index contributed by atoms with van der Waals surface area (Å²) >= 11 is 0. The Bertz CT molecular complexity index is 1390. The van der Waals surface area contributed by atoms with Gasteiger partial charge in [-0.15, -0.1) is 0 Å². The van der Waals surface area contributed by atoms with Crippen LogP contribution in [0, 0.1) is 6.92 Å². The molecule has 0 bridgehead atoms. The highest BCUT2D eigenvalue weighted by molar-refractivity contribution is 7.94. The maximum Gasteiger partial charge on any atom is 0.339 e. The van der Waals surface area contributed by atoms with Crippen LogP contribution in [0.2, 0.25) is 0 Å². The molecule has 2 aromatic heterocycles. The SMILES string of the molecule is Cc1c(CCC(=O)N[C@H]2C=CS(=O)(=O)C2)c(=O)oc2cc3occ(C(C)(C)C)c3cc12. The average Bonchev–Trinajstić information content (AvgIpc) is 3.22. The van der Waals surface area contributed by atoms with Gasteiger partial charge in [-0.05, 0) is 36.5 Å². The Morgan fingerprint density at radius 1 is 1.19 bits per heavy atom. The predicted octanol–water partition coefficient (Wildman–Crippen LogP) is 3.50. The minimum atomic E-state index is -3.24. The van der Waals surface area contributed by atoms with Crippen LogP contribution in [0.4, 0.5) is 0 Å². The molecule has 0 fully saturated rings. The normalized spacial score (nSPS) is 18.1. The summed E-state index contributed by atoms with van der Waals surface area (Å²) in [7, 11) is -3.24. The van der Waals surface area contributed by atoms with Gasteiger partial charge in [0.2, 0.25) is 5.91 Å². The van der Waals surface area contributed by atoms with Gasteiger partial charge in [0.15, 0.2) is 9.84 Å². The molecule has 8 heteroatoms. The van der Waals surface area contributed by atoms with E-state index in [1.54, 1.807) is 12.3 Å². The lowest BCUT2D eigenvalue weighted by atomic mass is 9.86. The maximum atomic E-state index is 12.6. The molecule has 31 heavy (non-hydrogen) atoms. The number of amides is 1. The number of furan rings is 1. The van der Waals surface area contributed by atoms with Gasteiger partial charge in [0.05, 0.1) is 18.1 Å². The van der Waals surface area contributed by atoms with Gasteiger partial charge in [-0.2, -0.15) is 0 Å². The Labute approximate surface area is 180 Å². The number of rotatable bonds is 4. The zero-order valence-electron chi connectivity index (χ0n) is 17.9. The number of carbonyl (C=O) groups excluding carboxylic acids is 1. The first-order valence-corrected chi connectivity index (χ1v) is 11.8. The molecule has 1 atom stereocenters. The van der Waals surface area contributed by atoms with E-state index in [0.29, 0.717) is 16.7 Å². The highest BCUT2D eigenvalue weighted by Gasteiger charge is 2.24. The molecule has 3 heterocycles. The summed E-state index contributed by atoms with van der Waals surface area (Å²) in [6.45, 7) is 8.16. The van der Waals surface area contributed by atoms with E-state index in [2.05, 4.69) is 26.1 Å². The van der Waals surface area contributed by atoms with Gasteiger partial charge < -0.3 is 14.2 Å². The average molecular weight is 444 g/mol. The third kappa shape index (κ3) is 4.17. The Kier molecular flexibility index (Phi) is 5.08. The fourth-order valence-corrected chi connectivity index (χ4v) is 5.20. The molecule has 0 aliphatic carbocycles. The lowest BCUT2D eigenvalue weighted by molar-refractivity contribution is -0.121. The zero-order chi connectivity index (χ0) is 22.6. The van der Waals surface area contributed by atoms with Crippen LogP contribution in [0.1, 0.15) is 43.9 Å². The molecule has 0 spiro atoms. The highest BCUT2D eigenvalue weighted by Crippen LogP contribution is 2.35. The van der Waals surface area contributed by atoms with E-state index >= 15 is 0 Å². The van der Waals surface area contributed by atoms with Gasteiger partial charge in [0.25, 0.3) is 0 Å². The van der Waals surface area contributed by atoms with Gasteiger partial charge in [0.1, 0.15) is 11.2 Å². The monoisotopic (exact) mass is 443 g/mol. The van der Waals surface area contributed by atoms with Crippen LogP contribution in [0.15, 0.2) is 43.5 Å². The number of hydrogen-bond acceptors (Lipinski definition) is 6. The van der Waals surface area contributed by atoms with Gasteiger partial charge >= 0.3 is 5.63 Å². The highest BCUT2D eigenvalue weighted by atomic mass is 32.2. The minimum absolute atomic E-state index is 0.0582. The van der Waals surface area contributed by atoms with Crippen LogP contribution in [-0.4, -0.2) is 26.1 Å². The third-order valence-electron chi connectivity index (χ3n) is 5.67. The maximum absolute atomic E-state index is 12.6. The molecule has 4 rings (SSSR count). The van der Waals surface area contributed by atoms with E-state index in [0.717, 1.165) is 27.3 Å². The number of nitrogens with one attached hydrogen (secondary N) is 1. The van der Waals surface area contributed by atoms with Crippen molar-refractivity contribution in [3.63, 3.8) is 0 Å². The summed E-state index contributed by atoms with van der Waals surface area (Å²) in [5.74, 6) is -0.446. The van der Waals surface area contributed by atoms with Gasteiger partial charge in [-0.25, -0.2) is 13.2 Å². The Hall–Kier alpha value is -2.87. The fourth-order valence-electron chi connectivity index (χ4n) is 3.96. The van der Waals surface area contributed by atoms with Crippen molar-refractivity contribution >= 4 is 37.7 Å². The second kappa shape index (κ2) is 7.37. The molecule has 3 aromatic rings. The summed E-state index contributed by atoms with van der Waals surface area (Å²) in [6.07, 6.45) is 3.46. The van der Waals surface area contributed by atoms with Gasteiger partial charge in [-0.3, -0.25) is 4.79 Å². The lowest BCUT2D eigenvalue weighted by Crippen LogP contribution is -2.35. The standard InChI is InChI=1S/C23H25NO6S/c1-13-15(5-6-21(25)24-14-7-8-31(27,28)12-14)22(26)30-20-10-19-17(9-16(13)20)18(11-29-19)23(2,3)4/h7-11,14H,5-6,12H2,1-4H3,(H,24,25)/t14-/m0/s1. The van der Waals surface area contributed by atoms with Gasteiger partial charge in [0, 0.05) is 39.8 Å². The second-order valence-electron chi connectivity index (χ2n) is 9.07. The first kappa shape index (κ1) is 21.4. The zero-order valence-corrected chi connectivity index (χ0v) is 18.8. The summed E-state index contributed by atoms with van der Waals surface area (Å²) in [6, 6.07) is 3.18. The van der Waals surface area contributed by atoms with E-state index < -0.39 is 21.5 Å². The van der Waals surface area contributed by atoms with Crippen molar-refractivity contribution in [2.75, 3.05) is 5.75 Å². The van der Waals surface area contributed by atoms with Crippen molar-refractivity contribution in [1.82, 2.24) is 5.32 Å². The second-order valence-corrected chi connectivity index (χ2v) is 11.0. The molecule has 1 aromatic carbocycles. The Balaban J connectivity index is 1.62. The van der Waals surface area contributed by atoms with Crippen LogP contribution in [-0.2, 0) is 26.5 Å². The largest absolute Gasteiger partial charge is 0.464 e. The smallest absolute Gasteiger partial charge is 0.339 e. The number of aryl methyl sites for hydroxylation is 1. The molecule has 0 unspecified atom stereocenters. The molecule has 1 amide bonds. The van der Waals surface area contributed by atoms with Crippen molar-refractivity contribution in [2.45, 2.75) is 52.0 Å². The fraction of sp³-hybridized carbons (Fsp3) is 0.391. The Morgan fingerprint density at radius 3 is 2.58 bits per heavy atom. The number of sulfone groups is 1. The quantitative estimate of drug-likeness (QED) is 0.619.